The zero-order valence-corrected chi connectivity index (χ0v) is 20.1. The van der Waals surface area contributed by atoms with Gasteiger partial charge >= 0.3 is 0 Å². The number of likely N-dealkylation sites (N-methyl/N-ethyl adjacent to an activating group) is 1. The Hall–Kier alpha value is -3.37. The molecule has 0 saturated carbocycles. The van der Waals surface area contributed by atoms with Gasteiger partial charge in [-0.25, -0.2) is 4.98 Å². The van der Waals surface area contributed by atoms with Crippen molar-refractivity contribution in [2.24, 2.45) is 0 Å². The van der Waals surface area contributed by atoms with Gasteiger partial charge in [0.25, 0.3) is 11.5 Å². The number of rotatable bonds is 7. The minimum absolute atomic E-state index is 0.107. The van der Waals surface area contributed by atoms with E-state index in [1.165, 1.54) is 7.05 Å². The van der Waals surface area contributed by atoms with Gasteiger partial charge in [-0.05, 0) is 38.1 Å². The Morgan fingerprint density at radius 1 is 1.26 bits per heavy atom. The Balaban J connectivity index is 1.68. The molecule has 1 saturated heterocycles. The van der Waals surface area contributed by atoms with Crippen molar-refractivity contribution in [3.63, 3.8) is 0 Å². The standard InChI is InChI=1S/C23H27ClN6O4/c1-14(2)30-18-5-4-16(10-15(18)11-19(22(30)32)34-13-20(31)25-3)27-21-17(24)12-26-23(28-21)29-6-8-33-9-7-29/h4-5,10-12,14H,6-9,13H2,1-3H3,(H,25,31)(H,26,27,28). The molecule has 34 heavy (non-hydrogen) atoms. The number of pyridine rings is 1. The number of carbonyl (C=O) groups is 1. The highest BCUT2D eigenvalue weighted by Gasteiger charge is 2.17. The van der Waals surface area contributed by atoms with Gasteiger partial charge < -0.3 is 29.6 Å². The van der Waals surface area contributed by atoms with Gasteiger partial charge in [-0.2, -0.15) is 4.98 Å². The van der Waals surface area contributed by atoms with Crippen molar-refractivity contribution in [1.82, 2.24) is 19.9 Å². The van der Waals surface area contributed by atoms with E-state index >= 15 is 0 Å². The van der Waals surface area contributed by atoms with Crippen LogP contribution < -0.4 is 25.8 Å². The van der Waals surface area contributed by atoms with Crippen LogP contribution in [0.2, 0.25) is 5.02 Å². The monoisotopic (exact) mass is 486 g/mol. The van der Waals surface area contributed by atoms with Crippen LogP contribution in [-0.2, 0) is 9.53 Å². The number of benzene rings is 1. The highest BCUT2D eigenvalue weighted by molar-refractivity contribution is 6.32. The number of fused-ring (bicyclic) bond motifs is 1. The summed E-state index contributed by atoms with van der Waals surface area (Å²) in [6.07, 6.45) is 1.57. The number of morpholine rings is 1. The van der Waals surface area contributed by atoms with Crippen LogP contribution in [0.4, 0.5) is 17.5 Å². The lowest BCUT2D eigenvalue weighted by Gasteiger charge is -2.27. The smallest absolute Gasteiger partial charge is 0.293 e. The van der Waals surface area contributed by atoms with Crippen LogP contribution in [0.1, 0.15) is 19.9 Å². The lowest BCUT2D eigenvalue weighted by molar-refractivity contribution is -0.122. The molecule has 10 nitrogen and oxygen atoms in total. The maximum Gasteiger partial charge on any atom is 0.293 e. The first-order valence-electron chi connectivity index (χ1n) is 11.0. The summed E-state index contributed by atoms with van der Waals surface area (Å²) >= 11 is 6.37. The van der Waals surface area contributed by atoms with Crippen molar-refractivity contribution in [3.8, 4) is 5.75 Å². The maximum absolute atomic E-state index is 13.0. The highest BCUT2D eigenvalue weighted by Crippen LogP contribution is 2.28. The fourth-order valence-corrected chi connectivity index (χ4v) is 3.87. The molecule has 0 aliphatic carbocycles. The van der Waals surface area contributed by atoms with Gasteiger partial charge in [-0.15, -0.1) is 0 Å². The van der Waals surface area contributed by atoms with Gasteiger partial charge in [-0.1, -0.05) is 11.6 Å². The Kier molecular flexibility index (Phi) is 7.18. The molecular formula is C23H27ClN6O4. The molecule has 0 atom stereocenters. The average molecular weight is 487 g/mol. The summed E-state index contributed by atoms with van der Waals surface area (Å²) in [7, 11) is 1.51. The second-order valence-corrected chi connectivity index (χ2v) is 8.51. The molecule has 1 aliphatic rings. The summed E-state index contributed by atoms with van der Waals surface area (Å²) < 4.78 is 12.6. The van der Waals surface area contributed by atoms with E-state index in [1.54, 1.807) is 16.8 Å². The normalized spacial score (nSPS) is 13.9. The number of nitrogens with one attached hydrogen (secondary N) is 2. The predicted molar refractivity (Wildman–Crippen MR) is 132 cm³/mol. The van der Waals surface area contributed by atoms with Gasteiger partial charge in [0.15, 0.2) is 18.2 Å². The lowest BCUT2D eigenvalue weighted by Crippen LogP contribution is -2.37. The highest BCUT2D eigenvalue weighted by atomic mass is 35.5. The van der Waals surface area contributed by atoms with Crippen LogP contribution in [-0.4, -0.2) is 60.4 Å². The molecule has 1 fully saturated rings. The number of amides is 1. The van der Waals surface area contributed by atoms with E-state index in [4.69, 9.17) is 21.1 Å². The van der Waals surface area contributed by atoms with Crippen molar-refractivity contribution >= 4 is 45.9 Å². The first-order valence-corrected chi connectivity index (χ1v) is 11.4. The van der Waals surface area contributed by atoms with Gasteiger partial charge in [0.1, 0.15) is 5.02 Å². The molecule has 4 rings (SSSR count). The van der Waals surface area contributed by atoms with Crippen LogP contribution in [0.3, 0.4) is 0 Å². The number of aromatic nitrogens is 3. The first-order chi connectivity index (χ1) is 16.4. The van der Waals surface area contributed by atoms with E-state index in [1.807, 2.05) is 36.9 Å². The maximum atomic E-state index is 13.0. The third-order valence-electron chi connectivity index (χ3n) is 5.45. The van der Waals surface area contributed by atoms with Crippen molar-refractivity contribution in [3.05, 3.63) is 45.8 Å². The Bertz CT molecular complexity index is 1260. The molecule has 11 heteroatoms. The van der Waals surface area contributed by atoms with Crippen LogP contribution >= 0.6 is 11.6 Å². The number of hydrogen-bond donors (Lipinski definition) is 2. The van der Waals surface area contributed by atoms with Gasteiger partial charge in [0.2, 0.25) is 5.95 Å². The second-order valence-electron chi connectivity index (χ2n) is 8.10. The summed E-state index contributed by atoms with van der Waals surface area (Å²) in [5, 5.41) is 6.89. The zero-order valence-electron chi connectivity index (χ0n) is 19.3. The van der Waals surface area contributed by atoms with E-state index in [-0.39, 0.29) is 29.9 Å². The second kappa shape index (κ2) is 10.3. The topological polar surface area (TPSA) is 111 Å². The minimum atomic E-state index is -0.319. The number of halogens is 1. The molecule has 1 amide bonds. The Morgan fingerprint density at radius 3 is 2.74 bits per heavy atom. The first kappa shape index (κ1) is 23.8. The Morgan fingerprint density at radius 2 is 2.03 bits per heavy atom. The molecule has 3 aromatic rings. The van der Waals surface area contributed by atoms with Crippen LogP contribution in [0, 0.1) is 0 Å². The van der Waals surface area contributed by atoms with E-state index in [0.29, 0.717) is 43.1 Å². The minimum Gasteiger partial charge on any atom is -0.478 e. The zero-order chi connectivity index (χ0) is 24.2. The summed E-state index contributed by atoms with van der Waals surface area (Å²) in [5.41, 5.74) is 1.19. The molecule has 3 heterocycles. The van der Waals surface area contributed by atoms with Crippen molar-refractivity contribution < 1.29 is 14.3 Å². The SMILES string of the molecule is CNC(=O)COc1cc2cc(Nc3nc(N4CCOCC4)ncc3Cl)ccc2n(C(C)C)c1=O. The fourth-order valence-electron chi connectivity index (χ4n) is 3.73. The molecule has 1 aliphatic heterocycles. The molecule has 0 radical (unpaired) electrons. The average Bonchev–Trinajstić information content (AvgIpc) is 2.84. The molecule has 1 aromatic carbocycles. The van der Waals surface area contributed by atoms with Crippen LogP contribution in [0.25, 0.3) is 10.9 Å². The number of carbonyl (C=O) groups excluding carboxylic acids is 1. The summed E-state index contributed by atoms with van der Waals surface area (Å²) in [5.74, 6) is 0.845. The molecule has 0 bridgehead atoms. The quantitative estimate of drug-likeness (QED) is 0.524. The van der Waals surface area contributed by atoms with Crippen molar-refractivity contribution in [2.45, 2.75) is 19.9 Å². The van der Waals surface area contributed by atoms with E-state index in [0.717, 1.165) is 16.6 Å². The lowest BCUT2D eigenvalue weighted by atomic mass is 10.1. The number of ether oxygens (including phenoxy) is 2. The molecule has 180 valence electrons. The Labute approximate surface area is 201 Å². The molecule has 2 N–H and O–H groups in total. The number of anilines is 3. The fraction of sp³-hybridized carbons (Fsp3) is 0.391. The molecular weight excluding hydrogens is 460 g/mol. The summed E-state index contributed by atoms with van der Waals surface area (Å²) in [6, 6.07) is 7.14. The molecule has 0 unspecified atom stereocenters. The summed E-state index contributed by atoms with van der Waals surface area (Å²) in [4.78, 5) is 35.6. The summed E-state index contributed by atoms with van der Waals surface area (Å²) in [6.45, 7) is 6.27. The number of nitrogens with zero attached hydrogens (tertiary/aromatic N) is 4. The van der Waals surface area contributed by atoms with Crippen molar-refractivity contribution in [2.75, 3.05) is 50.2 Å². The van der Waals surface area contributed by atoms with Crippen molar-refractivity contribution in [1.29, 1.82) is 0 Å². The predicted octanol–water partition coefficient (Wildman–Crippen LogP) is 2.73. The van der Waals surface area contributed by atoms with E-state index < -0.39 is 0 Å². The van der Waals surface area contributed by atoms with Crippen LogP contribution in [0.15, 0.2) is 35.3 Å². The molecule has 0 spiro atoms. The van der Waals surface area contributed by atoms with Gasteiger partial charge in [-0.3, -0.25) is 9.59 Å². The van der Waals surface area contributed by atoms with Gasteiger partial charge in [0, 0.05) is 37.3 Å². The third kappa shape index (κ3) is 5.07. The van der Waals surface area contributed by atoms with E-state index in [9.17, 15) is 9.59 Å². The van der Waals surface area contributed by atoms with Gasteiger partial charge in [0.05, 0.1) is 24.9 Å². The van der Waals surface area contributed by atoms with E-state index in [2.05, 4.69) is 20.6 Å². The largest absolute Gasteiger partial charge is 0.478 e. The number of hydrogen-bond acceptors (Lipinski definition) is 8. The van der Waals surface area contributed by atoms with Crippen LogP contribution in [0.5, 0.6) is 5.75 Å². The third-order valence-corrected chi connectivity index (χ3v) is 5.72. The molecule has 2 aromatic heterocycles.